The lowest BCUT2D eigenvalue weighted by Crippen LogP contribution is -2.17. The van der Waals surface area contributed by atoms with Crippen molar-refractivity contribution in [2.24, 2.45) is 0 Å². The van der Waals surface area contributed by atoms with Gasteiger partial charge < -0.3 is 4.74 Å². The van der Waals surface area contributed by atoms with Crippen molar-refractivity contribution >= 4 is 10.9 Å². The zero-order valence-electron chi connectivity index (χ0n) is 12.5. The van der Waals surface area contributed by atoms with Crippen molar-refractivity contribution in [2.45, 2.75) is 30.6 Å². The number of ether oxygens (including phenoxy) is 1. The van der Waals surface area contributed by atoms with E-state index in [1.165, 1.54) is 41.2 Å². The van der Waals surface area contributed by atoms with E-state index in [0.29, 0.717) is 10.9 Å². The summed E-state index contributed by atoms with van der Waals surface area (Å²) < 4.78 is 5.86. The third kappa shape index (κ3) is 4.28. The molecular formula is C19H23OS+. The molecule has 1 fully saturated rings. The second-order valence-electron chi connectivity index (χ2n) is 5.52. The van der Waals surface area contributed by atoms with Gasteiger partial charge in [0.25, 0.3) is 0 Å². The summed E-state index contributed by atoms with van der Waals surface area (Å²) in [5, 5.41) is 0. The second kappa shape index (κ2) is 7.56. The maximum absolute atomic E-state index is 5.86. The van der Waals surface area contributed by atoms with E-state index in [1.807, 2.05) is 0 Å². The summed E-state index contributed by atoms with van der Waals surface area (Å²) in [6.45, 7) is 0.745. The normalized spacial score (nSPS) is 15.8. The Balaban J connectivity index is 1.50. The summed E-state index contributed by atoms with van der Waals surface area (Å²) >= 11 is 0. The Hall–Kier alpha value is -1.41. The predicted octanol–water partition coefficient (Wildman–Crippen LogP) is 4.47. The lowest BCUT2D eigenvalue weighted by molar-refractivity contribution is 0.322. The third-order valence-corrected chi connectivity index (χ3v) is 6.44. The van der Waals surface area contributed by atoms with E-state index in [4.69, 9.17) is 4.74 Å². The quantitative estimate of drug-likeness (QED) is 0.740. The van der Waals surface area contributed by atoms with Gasteiger partial charge >= 0.3 is 0 Å². The van der Waals surface area contributed by atoms with Gasteiger partial charge in [-0.05, 0) is 49.1 Å². The molecule has 21 heavy (non-hydrogen) atoms. The van der Waals surface area contributed by atoms with E-state index in [1.54, 1.807) is 0 Å². The standard InChI is InChI=1S/C19H23OS/c1-3-7-17(8-4-1)13-14-20-18-9-11-19(12-10-18)21-15-5-2-6-16-21/h1,3-4,7-12H,2,5-6,13-16H2/q+1. The van der Waals surface area contributed by atoms with Crippen LogP contribution in [-0.4, -0.2) is 18.1 Å². The fourth-order valence-corrected chi connectivity index (χ4v) is 5.03. The first-order valence-corrected chi connectivity index (χ1v) is 9.42. The first-order valence-electron chi connectivity index (χ1n) is 7.86. The van der Waals surface area contributed by atoms with Crippen LogP contribution in [0.25, 0.3) is 0 Å². The van der Waals surface area contributed by atoms with Crippen LogP contribution in [0.4, 0.5) is 0 Å². The van der Waals surface area contributed by atoms with Crippen LogP contribution in [0.2, 0.25) is 0 Å². The molecule has 2 heteroatoms. The topological polar surface area (TPSA) is 9.23 Å². The van der Waals surface area contributed by atoms with Gasteiger partial charge in [-0.1, -0.05) is 30.3 Å². The molecule has 0 aliphatic carbocycles. The SMILES string of the molecule is c1ccc(CCOc2ccc([S+]3CCCCC3)cc2)cc1. The second-order valence-corrected chi connectivity index (χ2v) is 7.79. The van der Waals surface area contributed by atoms with Crippen molar-refractivity contribution in [3.63, 3.8) is 0 Å². The third-order valence-electron chi connectivity index (χ3n) is 3.94. The molecule has 2 aromatic rings. The van der Waals surface area contributed by atoms with Crippen molar-refractivity contribution in [1.82, 2.24) is 0 Å². The molecule has 0 unspecified atom stereocenters. The molecule has 1 aliphatic heterocycles. The average Bonchev–Trinajstić information content (AvgIpc) is 2.57. The Bertz CT molecular complexity index is 529. The van der Waals surface area contributed by atoms with Crippen LogP contribution in [0, 0.1) is 0 Å². The summed E-state index contributed by atoms with van der Waals surface area (Å²) in [5.74, 6) is 3.76. The van der Waals surface area contributed by atoms with Gasteiger partial charge in [0.1, 0.15) is 17.3 Å². The van der Waals surface area contributed by atoms with Crippen LogP contribution in [0.5, 0.6) is 5.75 Å². The molecule has 0 atom stereocenters. The highest BCUT2D eigenvalue weighted by Crippen LogP contribution is 2.24. The summed E-state index contributed by atoms with van der Waals surface area (Å²) in [7, 11) is 0.493. The number of hydrogen-bond acceptors (Lipinski definition) is 1. The summed E-state index contributed by atoms with van der Waals surface area (Å²) in [6.07, 6.45) is 5.19. The van der Waals surface area contributed by atoms with Crippen molar-refractivity contribution in [3.05, 3.63) is 60.2 Å². The maximum atomic E-state index is 5.86. The first-order chi connectivity index (χ1) is 10.4. The molecule has 0 bridgehead atoms. The summed E-state index contributed by atoms with van der Waals surface area (Å²) in [6, 6.07) is 19.3. The molecule has 3 rings (SSSR count). The molecule has 0 spiro atoms. The minimum atomic E-state index is 0.493. The van der Waals surface area contributed by atoms with Gasteiger partial charge in [-0.2, -0.15) is 0 Å². The lowest BCUT2D eigenvalue weighted by atomic mass is 10.2. The highest BCUT2D eigenvalue weighted by Gasteiger charge is 2.24. The molecule has 1 nitrogen and oxygen atoms in total. The number of hydrogen-bond donors (Lipinski definition) is 0. The molecule has 0 amide bonds. The van der Waals surface area contributed by atoms with Gasteiger partial charge in [-0.15, -0.1) is 0 Å². The minimum absolute atomic E-state index is 0.493. The molecule has 1 heterocycles. The van der Waals surface area contributed by atoms with E-state index >= 15 is 0 Å². The van der Waals surface area contributed by atoms with Crippen LogP contribution >= 0.6 is 0 Å². The summed E-state index contributed by atoms with van der Waals surface area (Å²) in [4.78, 5) is 1.52. The van der Waals surface area contributed by atoms with Gasteiger partial charge in [0.05, 0.1) is 6.61 Å². The van der Waals surface area contributed by atoms with Crippen molar-refractivity contribution in [1.29, 1.82) is 0 Å². The number of rotatable bonds is 5. The van der Waals surface area contributed by atoms with Crippen molar-refractivity contribution in [2.75, 3.05) is 18.1 Å². The molecule has 0 N–H and O–H groups in total. The Morgan fingerprint density at radius 1 is 0.810 bits per heavy atom. The van der Waals surface area contributed by atoms with Gasteiger partial charge in [0, 0.05) is 17.3 Å². The van der Waals surface area contributed by atoms with Crippen molar-refractivity contribution < 1.29 is 4.74 Å². The zero-order valence-corrected chi connectivity index (χ0v) is 13.3. The Morgan fingerprint density at radius 2 is 1.52 bits per heavy atom. The molecule has 110 valence electrons. The van der Waals surface area contributed by atoms with Gasteiger partial charge in [0.15, 0.2) is 4.90 Å². The maximum Gasteiger partial charge on any atom is 0.155 e. The monoisotopic (exact) mass is 299 g/mol. The molecular weight excluding hydrogens is 276 g/mol. The molecule has 0 aromatic heterocycles. The van der Waals surface area contributed by atoms with E-state index in [0.717, 1.165) is 18.8 Å². The van der Waals surface area contributed by atoms with E-state index in [-0.39, 0.29) is 0 Å². The molecule has 1 saturated heterocycles. The van der Waals surface area contributed by atoms with E-state index < -0.39 is 0 Å². The highest BCUT2D eigenvalue weighted by molar-refractivity contribution is 7.96. The highest BCUT2D eigenvalue weighted by atomic mass is 32.2. The zero-order chi connectivity index (χ0) is 14.3. The van der Waals surface area contributed by atoms with E-state index in [2.05, 4.69) is 54.6 Å². The summed E-state index contributed by atoms with van der Waals surface area (Å²) in [5.41, 5.74) is 1.33. The van der Waals surface area contributed by atoms with Crippen LogP contribution in [0.3, 0.4) is 0 Å². The molecule has 2 aromatic carbocycles. The average molecular weight is 299 g/mol. The smallest absolute Gasteiger partial charge is 0.155 e. The fourth-order valence-electron chi connectivity index (χ4n) is 2.73. The Kier molecular flexibility index (Phi) is 5.23. The molecule has 0 saturated carbocycles. The van der Waals surface area contributed by atoms with Gasteiger partial charge in [-0.3, -0.25) is 0 Å². The predicted molar refractivity (Wildman–Crippen MR) is 91.3 cm³/mol. The Labute approximate surface area is 130 Å². The van der Waals surface area contributed by atoms with Crippen LogP contribution in [0.15, 0.2) is 59.5 Å². The van der Waals surface area contributed by atoms with Gasteiger partial charge in [-0.25, -0.2) is 0 Å². The van der Waals surface area contributed by atoms with Crippen LogP contribution < -0.4 is 4.74 Å². The molecule has 1 aliphatic rings. The van der Waals surface area contributed by atoms with Crippen LogP contribution in [-0.2, 0) is 17.3 Å². The minimum Gasteiger partial charge on any atom is -0.493 e. The van der Waals surface area contributed by atoms with Crippen LogP contribution in [0.1, 0.15) is 24.8 Å². The van der Waals surface area contributed by atoms with E-state index in [9.17, 15) is 0 Å². The van der Waals surface area contributed by atoms with Crippen molar-refractivity contribution in [3.8, 4) is 5.75 Å². The Morgan fingerprint density at radius 3 is 2.24 bits per heavy atom. The number of benzene rings is 2. The largest absolute Gasteiger partial charge is 0.493 e. The first kappa shape index (κ1) is 14.5. The lowest BCUT2D eigenvalue weighted by Gasteiger charge is -2.13. The fraction of sp³-hybridized carbons (Fsp3) is 0.368. The van der Waals surface area contributed by atoms with Gasteiger partial charge in [0.2, 0.25) is 0 Å². The molecule has 0 radical (unpaired) electrons.